The number of alkyl halides is 4. The third kappa shape index (κ3) is 2.37. The molecular weight excluding hydrogens is 368 g/mol. The third-order valence-corrected chi connectivity index (χ3v) is 5.11. The lowest BCUT2D eigenvalue weighted by Gasteiger charge is -2.25. The van der Waals surface area contributed by atoms with Crippen molar-refractivity contribution in [3.05, 3.63) is 0 Å². The topological polar surface area (TPSA) is 116 Å². The standard InChI is InChI=1S/C11H10F4O8S/c12-10(13,11(14,15)24(18,19)20)2-5(16)22-7-4-1-3-6(21-4)8(7)23-9(3)17/h3-4,6-8H,1-2H2,(H,18,19,20). The van der Waals surface area contributed by atoms with Crippen molar-refractivity contribution in [2.75, 3.05) is 0 Å². The van der Waals surface area contributed by atoms with Crippen molar-refractivity contribution in [1.29, 1.82) is 0 Å². The van der Waals surface area contributed by atoms with Crippen molar-refractivity contribution in [2.24, 2.45) is 5.92 Å². The van der Waals surface area contributed by atoms with Gasteiger partial charge in [0.2, 0.25) is 0 Å². The predicted molar refractivity (Wildman–Crippen MR) is 62.6 cm³/mol. The molecular formula is C11H10F4O8S. The van der Waals surface area contributed by atoms with E-state index in [1.54, 1.807) is 0 Å². The maximum atomic E-state index is 13.4. The van der Waals surface area contributed by atoms with Crippen LogP contribution in [0.5, 0.6) is 0 Å². The Morgan fingerprint density at radius 1 is 1.29 bits per heavy atom. The molecule has 0 aromatic carbocycles. The van der Waals surface area contributed by atoms with Gasteiger partial charge < -0.3 is 14.2 Å². The monoisotopic (exact) mass is 378 g/mol. The van der Waals surface area contributed by atoms with E-state index in [-0.39, 0.29) is 6.42 Å². The van der Waals surface area contributed by atoms with Gasteiger partial charge in [0.05, 0.1) is 12.0 Å². The fourth-order valence-corrected chi connectivity index (χ4v) is 3.50. The number of hydrogen-bond donors (Lipinski definition) is 1. The molecule has 3 heterocycles. The maximum absolute atomic E-state index is 13.4. The van der Waals surface area contributed by atoms with E-state index in [1.165, 1.54) is 0 Å². The summed E-state index contributed by atoms with van der Waals surface area (Å²) in [6.45, 7) is 0. The molecule has 3 aliphatic heterocycles. The normalized spacial score (nSPS) is 35.2. The Bertz CT molecular complexity index is 692. The van der Waals surface area contributed by atoms with Crippen LogP contribution in [0.15, 0.2) is 0 Å². The second-order valence-electron chi connectivity index (χ2n) is 5.71. The molecule has 5 atom stereocenters. The summed E-state index contributed by atoms with van der Waals surface area (Å²) in [6, 6.07) is 0. The highest BCUT2D eigenvalue weighted by Gasteiger charge is 2.68. The predicted octanol–water partition coefficient (Wildman–Crippen LogP) is 0.117. The van der Waals surface area contributed by atoms with Crippen LogP contribution in [0.4, 0.5) is 17.6 Å². The first-order chi connectivity index (χ1) is 10.8. The molecule has 1 N–H and O–H groups in total. The number of carbonyl (C=O) groups excluding carboxylic acids is 2. The van der Waals surface area contributed by atoms with E-state index in [0.717, 1.165) is 0 Å². The van der Waals surface area contributed by atoms with Gasteiger partial charge in [-0.25, -0.2) is 0 Å². The van der Waals surface area contributed by atoms with Crippen LogP contribution in [0.2, 0.25) is 0 Å². The minimum atomic E-state index is -6.44. The second-order valence-corrected chi connectivity index (χ2v) is 7.17. The summed E-state index contributed by atoms with van der Waals surface area (Å²) in [5.74, 6) is -8.37. The van der Waals surface area contributed by atoms with Gasteiger partial charge >= 0.3 is 33.2 Å². The third-order valence-electron chi connectivity index (χ3n) is 4.17. The van der Waals surface area contributed by atoms with Gasteiger partial charge in [0, 0.05) is 0 Å². The van der Waals surface area contributed by atoms with Crippen LogP contribution < -0.4 is 0 Å². The second kappa shape index (κ2) is 5.02. The van der Waals surface area contributed by atoms with E-state index in [2.05, 4.69) is 4.74 Å². The van der Waals surface area contributed by atoms with E-state index in [4.69, 9.17) is 14.0 Å². The molecule has 5 unspecified atom stereocenters. The number of hydrogen-bond acceptors (Lipinski definition) is 7. The zero-order valence-corrected chi connectivity index (χ0v) is 12.3. The summed E-state index contributed by atoms with van der Waals surface area (Å²) in [5, 5.41) is -5.87. The Kier molecular flexibility index (Phi) is 3.63. The first kappa shape index (κ1) is 17.4. The molecule has 8 nitrogen and oxygen atoms in total. The molecule has 3 saturated heterocycles. The molecule has 0 saturated carbocycles. The van der Waals surface area contributed by atoms with E-state index in [9.17, 15) is 35.6 Å². The number of rotatable bonds is 5. The van der Waals surface area contributed by atoms with Gasteiger partial charge in [-0.1, -0.05) is 0 Å². The number of fused-ring (bicyclic) bond motifs is 1. The summed E-state index contributed by atoms with van der Waals surface area (Å²) in [7, 11) is -6.44. The summed E-state index contributed by atoms with van der Waals surface area (Å²) < 4.78 is 96.5. The highest BCUT2D eigenvalue weighted by atomic mass is 32.2. The average Bonchev–Trinajstić information content (AvgIpc) is 3.01. The van der Waals surface area contributed by atoms with E-state index in [1.807, 2.05) is 0 Å². The number of halogens is 4. The van der Waals surface area contributed by atoms with Gasteiger partial charge in [0.1, 0.15) is 12.5 Å². The van der Waals surface area contributed by atoms with Crippen LogP contribution >= 0.6 is 0 Å². The lowest BCUT2D eigenvalue weighted by atomic mass is 9.88. The Morgan fingerprint density at radius 2 is 1.92 bits per heavy atom. The molecule has 0 radical (unpaired) electrons. The van der Waals surface area contributed by atoms with Gasteiger partial charge in [0.15, 0.2) is 12.2 Å². The molecule has 0 amide bonds. The average molecular weight is 378 g/mol. The summed E-state index contributed by atoms with van der Waals surface area (Å²) >= 11 is 0. The fourth-order valence-electron chi connectivity index (χ4n) is 3.05. The molecule has 0 aromatic rings. The zero-order chi connectivity index (χ0) is 18.1. The zero-order valence-electron chi connectivity index (χ0n) is 11.5. The lowest BCUT2D eigenvalue weighted by Crippen LogP contribution is -2.49. The SMILES string of the molecule is O=C(CC(F)(F)C(F)(F)S(=O)(=O)O)OC1C2CC3C(=O)OC1C3O2. The van der Waals surface area contributed by atoms with Crippen molar-refractivity contribution in [3.63, 3.8) is 0 Å². The Balaban J connectivity index is 1.68. The molecule has 3 aliphatic rings. The van der Waals surface area contributed by atoms with Gasteiger partial charge in [-0.2, -0.15) is 26.0 Å². The highest BCUT2D eigenvalue weighted by Crippen LogP contribution is 2.48. The van der Waals surface area contributed by atoms with Gasteiger partial charge in [-0.3, -0.25) is 14.1 Å². The summed E-state index contributed by atoms with van der Waals surface area (Å²) in [6.07, 6.45) is -5.90. The number of esters is 2. The molecule has 0 spiro atoms. The van der Waals surface area contributed by atoms with E-state index in [0.29, 0.717) is 0 Å². The van der Waals surface area contributed by atoms with Crippen molar-refractivity contribution in [1.82, 2.24) is 0 Å². The van der Waals surface area contributed by atoms with Crippen LogP contribution in [0, 0.1) is 5.92 Å². The highest BCUT2D eigenvalue weighted by molar-refractivity contribution is 7.87. The molecule has 0 aliphatic carbocycles. The van der Waals surface area contributed by atoms with Gasteiger partial charge in [-0.05, 0) is 6.42 Å². The largest absolute Gasteiger partial charge is 0.455 e. The maximum Gasteiger partial charge on any atom is 0.432 e. The van der Waals surface area contributed by atoms with Crippen molar-refractivity contribution in [3.8, 4) is 0 Å². The first-order valence-corrected chi connectivity index (χ1v) is 8.07. The number of carbonyl (C=O) groups is 2. The Labute approximate surface area is 131 Å². The van der Waals surface area contributed by atoms with Crippen molar-refractivity contribution >= 4 is 22.1 Å². The van der Waals surface area contributed by atoms with Crippen LogP contribution in [0.25, 0.3) is 0 Å². The quantitative estimate of drug-likeness (QED) is 0.407. The Morgan fingerprint density at radius 3 is 2.50 bits per heavy atom. The molecule has 24 heavy (non-hydrogen) atoms. The fraction of sp³-hybridized carbons (Fsp3) is 0.818. The van der Waals surface area contributed by atoms with Crippen LogP contribution in [-0.4, -0.2) is 60.5 Å². The van der Waals surface area contributed by atoms with E-state index < -0.39 is 70.0 Å². The van der Waals surface area contributed by atoms with Gasteiger partial charge in [-0.15, -0.1) is 0 Å². The summed E-state index contributed by atoms with van der Waals surface area (Å²) in [4.78, 5) is 23.0. The minimum absolute atomic E-state index is 0.134. The Hall–Kier alpha value is -1.47. The molecule has 136 valence electrons. The summed E-state index contributed by atoms with van der Waals surface area (Å²) in [5.41, 5.74) is 0. The van der Waals surface area contributed by atoms with Crippen LogP contribution in [0.3, 0.4) is 0 Å². The van der Waals surface area contributed by atoms with Crippen molar-refractivity contribution in [2.45, 2.75) is 48.4 Å². The van der Waals surface area contributed by atoms with Crippen molar-refractivity contribution < 1.29 is 54.3 Å². The molecule has 0 aromatic heterocycles. The first-order valence-electron chi connectivity index (χ1n) is 6.63. The molecule has 3 rings (SSSR count). The van der Waals surface area contributed by atoms with Crippen LogP contribution in [-0.2, 0) is 33.9 Å². The lowest BCUT2D eigenvalue weighted by molar-refractivity contribution is -0.189. The molecule has 13 heteroatoms. The van der Waals surface area contributed by atoms with Gasteiger partial charge in [0.25, 0.3) is 0 Å². The molecule has 3 fully saturated rings. The minimum Gasteiger partial charge on any atom is -0.455 e. The van der Waals surface area contributed by atoms with Crippen LogP contribution in [0.1, 0.15) is 12.8 Å². The van der Waals surface area contributed by atoms with E-state index >= 15 is 0 Å². The number of ether oxygens (including phenoxy) is 3. The molecule has 2 bridgehead atoms. The smallest absolute Gasteiger partial charge is 0.432 e.